The molecule has 100 valence electrons. The lowest BCUT2D eigenvalue weighted by Gasteiger charge is -2.13. The molecule has 0 aliphatic carbocycles. The summed E-state index contributed by atoms with van der Waals surface area (Å²) < 4.78 is 0. The van der Waals surface area contributed by atoms with Gasteiger partial charge in [-0.15, -0.1) is 0 Å². The molecule has 19 heavy (non-hydrogen) atoms. The van der Waals surface area contributed by atoms with Gasteiger partial charge in [0, 0.05) is 13.1 Å². The third-order valence-corrected chi connectivity index (χ3v) is 3.37. The largest absolute Gasteiger partial charge is 0.389 e. The highest BCUT2D eigenvalue weighted by Gasteiger charge is 2.29. The van der Waals surface area contributed by atoms with Crippen LogP contribution >= 0.6 is 0 Å². The number of H-pyrrole nitrogens is 1. The Bertz CT molecular complexity index is 645. The van der Waals surface area contributed by atoms with Crippen LogP contribution in [0.2, 0.25) is 0 Å². The summed E-state index contributed by atoms with van der Waals surface area (Å²) in [6, 6.07) is 7.16. The molecule has 2 aromatic rings. The highest BCUT2D eigenvalue weighted by Crippen LogP contribution is 2.13. The van der Waals surface area contributed by atoms with Crippen molar-refractivity contribution in [1.29, 1.82) is 0 Å². The van der Waals surface area contributed by atoms with E-state index in [1.165, 1.54) is 0 Å². The number of aliphatic hydroxyl groups excluding tert-OH is 2. The number of fused-ring (bicyclic) bond motifs is 1. The van der Waals surface area contributed by atoms with Crippen molar-refractivity contribution in [3.05, 3.63) is 40.4 Å². The lowest BCUT2D eigenvalue weighted by atomic mass is 10.2. The predicted octanol–water partition coefficient (Wildman–Crippen LogP) is -0.539. The summed E-state index contributed by atoms with van der Waals surface area (Å²) >= 11 is 0. The Morgan fingerprint density at radius 3 is 2.68 bits per heavy atom. The van der Waals surface area contributed by atoms with Crippen molar-refractivity contribution in [2.24, 2.45) is 0 Å². The molecule has 3 N–H and O–H groups in total. The molecule has 0 bridgehead atoms. The fourth-order valence-corrected chi connectivity index (χ4v) is 2.40. The molecule has 1 fully saturated rings. The van der Waals surface area contributed by atoms with Crippen LogP contribution in [0.1, 0.15) is 5.82 Å². The average molecular weight is 261 g/mol. The fraction of sp³-hybridized carbons (Fsp3) is 0.385. The number of aromatic nitrogens is 2. The minimum absolute atomic E-state index is 0.166. The standard InChI is InChI=1S/C13H15N3O3/c17-10-5-16(6-11(10)18)7-12-14-9-4-2-1-3-8(9)13(19)15-12/h1-4,10-11,17-18H,5-7H2,(H,14,15,19)/t10-,11+. The molecule has 6 nitrogen and oxygen atoms in total. The van der Waals surface area contributed by atoms with Crippen LogP contribution in [0, 0.1) is 0 Å². The van der Waals surface area contributed by atoms with E-state index in [1.807, 2.05) is 11.0 Å². The Labute approximate surface area is 109 Å². The van der Waals surface area contributed by atoms with Crippen LogP contribution in [0.5, 0.6) is 0 Å². The van der Waals surface area contributed by atoms with E-state index in [4.69, 9.17) is 0 Å². The number of β-amino-alcohol motifs (C(OH)–C–C–N with tert-alkyl or cyclic N) is 2. The van der Waals surface area contributed by atoms with E-state index < -0.39 is 12.2 Å². The molecule has 3 rings (SSSR count). The summed E-state index contributed by atoms with van der Waals surface area (Å²) in [5, 5.41) is 19.5. The Kier molecular flexibility index (Phi) is 3.06. The molecule has 0 radical (unpaired) electrons. The number of para-hydroxylation sites is 1. The first-order chi connectivity index (χ1) is 9.13. The molecule has 1 aromatic heterocycles. The van der Waals surface area contributed by atoms with Crippen LogP contribution in [0.4, 0.5) is 0 Å². The van der Waals surface area contributed by atoms with Gasteiger partial charge in [-0.05, 0) is 12.1 Å². The van der Waals surface area contributed by atoms with E-state index in [2.05, 4.69) is 9.97 Å². The van der Waals surface area contributed by atoms with E-state index in [1.54, 1.807) is 18.2 Å². The Morgan fingerprint density at radius 1 is 1.26 bits per heavy atom. The van der Waals surface area contributed by atoms with Gasteiger partial charge < -0.3 is 15.2 Å². The van der Waals surface area contributed by atoms with Gasteiger partial charge in [0.1, 0.15) is 5.82 Å². The number of likely N-dealkylation sites (tertiary alicyclic amines) is 1. The van der Waals surface area contributed by atoms with Gasteiger partial charge in [0.15, 0.2) is 0 Å². The molecule has 2 heterocycles. The van der Waals surface area contributed by atoms with Gasteiger partial charge in [-0.25, -0.2) is 4.98 Å². The second-order valence-electron chi connectivity index (χ2n) is 4.86. The van der Waals surface area contributed by atoms with E-state index in [-0.39, 0.29) is 5.56 Å². The van der Waals surface area contributed by atoms with Gasteiger partial charge in [-0.2, -0.15) is 0 Å². The first kappa shape index (κ1) is 12.3. The maximum absolute atomic E-state index is 11.9. The Balaban J connectivity index is 1.88. The van der Waals surface area contributed by atoms with E-state index in [9.17, 15) is 15.0 Å². The number of aliphatic hydroxyl groups is 2. The number of hydrogen-bond acceptors (Lipinski definition) is 5. The molecule has 1 saturated heterocycles. The first-order valence-electron chi connectivity index (χ1n) is 6.20. The molecule has 1 aromatic carbocycles. The Hall–Kier alpha value is -1.76. The van der Waals surface area contributed by atoms with Crippen molar-refractivity contribution in [3.8, 4) is 0 Å². The van der Waals surface area contributed by atoms with Gasteiger partial charge in [0.05, 0.1) is 29.7 Å². The monoisotopic (exact) mass is 261 g/mol. The molecule has 6 heteroatoms. The third kappa shape index (κ3) is 2.37. The maximum Gasteiger partial charge on any atom is 0.258 e. The minimum atomic E-state index is -0.729. The van der Waals surface area contributed by atoms with E-state index >= 15 is 0 Å². The molecular formula is C13H15N3O3. The van der Waals surface area contributed by atoms with Gasteiger partial charge in [0.25, 0.3) is 5.56 Å². The van der Waals surface area contributed by atoms with Crippen molar-refractivity contribution < 1.29 is 10.2 Å². The zero-order chi connectivity index (χ0) is 13.4. The number of aromatic amines is 1. The lowest BCUT2D eigenvalue weighted by molar-refractivity contribution is 0.0572. The summed E-state index contributed by atoms with van der Waals surface area (Å²) in [5.74, 6) is 0.546. The highest BCUT2D eigenvalue weighted by molar-refractivity contribution is 5.77. The summed E-state index contributed by atoms with van der Waals surface area (Å²) in [5.41, 5.74) is 0.488. The lowest BCUT2D eigenvalue weighted by Crippen LogP contribution is -2.24. The van der Waals surface area contributed by atoms with E-state index in [0.717, 1.165) is 0 Å². The number of rotatable bonds is 2. The molecule has 0 unspecified atom stereocenters. The first-order valence-corrected chi connectivity index (χ1v) is 6.20. The minimum Gasteiger partial charge on any atom is -0.389 e. The van der Waals surface area contributed by atoms with Gasteiger partial charge in [-0.1, -0.05) is 12.1 Å². The molecule has 0 amide bonds. The van der Waals surface area contributed by atoms with Crippen LogP contribution in [0.3, 0.4) is 0 Å². The average Bonchev–Trinajstić information content (AvgIpc) is 2.68. The maximum atomic E-state index is 11.9. The second-order valence-corrected chi connectivity index (χ2v) is 4.86. The predicted molar refractivity (Wildman–Crippen MR) is 69.7 cm³/mol. The zero-order valence-electron chi connectivity index (χ0n) is 10.3. The SMILES string of the molecule is O=c1[nH]c(CN2C[C@@H](O)[C@@H](O)C2)nc2ccccc12. The van der Waals surface area contributed by atoms with Crippen LogP contribution in [-0.4, -0.2) is 50.4 Å². The molecule has 1 aliphatic rings. The summed E-state index contributed by atoms with van der Waals surface area (Å²) in [4.78, 5) is 20.9. The number of nitrogens with zero attached hydrogens (tertiary/aromatic N) is 2. The van der Waals surface area contributed by atoms with Gasteiger partial charge in [-0.3, -0.25) is 9.69 Å². The van der Waals surface area contributed by atoms with Gasteiger partial charge >= 0.3 is 0 Å². The Morgan fingerprint density at radius 2 is 1.95 bits per heavy atom. The number of hydrogen-bond donors (Lipinski definition) is 3. The number of benzene rings is 1. The van der Waals surface area contributed by atoms with Gasteiger partial charge in [0.2, 0.25) is 0 Å². The summed E-state index contributed by atoms with van der Waals surface area (Å²) in [7, 11) is 0. The van der Waals surface area contributed by atoms with E-state index in [0.29, 0.717) is 36.4 Å². The van der Waals surface area contributed by atoms with Crippen molar-refractivity contribution in [2.45, 2.75) is 18.8 Å². The molecule has 0 saturated carbocycles. The van der Waals surface area contributed by atoms with Crippen LogP contribution in [-0.2, 0) is 6.54 Å². The zero-order valence-corrected chi connectivity index (χ0v) is 10.3. The highest BCUT2D eigenvalue weighted by atomic mass is 16.3. The normalized spacial score (nSPS) is 24.1. The quantitative estimate of drug-likeness (QED) is 0.675. The second kappa shape index (κ2) is 4.73. The number of nitrogens with one attached hydrogen (secondary N) is 1. The van der Waals surface area contributed by atoms with Crippen molar-refractivity contribution >= 4 is 10.9 Å². The molecule has 1 aliphatic heterocycles. The van der Waals surface area contributed by atoms with Crippen molar-refractivity contribution in [2.75, 3.05) is 13.1 Å². The summed E-state index contributed by atoms with van der Waals surface area (Å²) in [6.07, 6.45) is -1.46. The summed E-state index contributed by atoms with van der Waals surface area (Å²) in [6.45, 7) is 1.18. The molecule has 0 spiro atoms. The fourth-order valence-electron chi connectivity index (χ4n) is 2.40. The molecular weight excluding hydrogens is 246 g/mol. The topological polar surface area (TPSA) is 89.5 Å². The smallest absolute Gasteiger partial charge is 0.258 e. The molecule has 2 atom stereocenters. The van der Waals surface area contributed by atoms with Crippen molar-refractivity contribution in [1.82, 2.24) is 14.9 Å². The third-order valence-electron chi connectivity index (χ3n) is 3.37. The van der Waals surface area contributed by atoms with Crippen LogP contribution in [0.25, 0.3) is 10.9 Å². The van der Waals surface area contributed by atoms with Crippen molar-refractivity contribution in [3.63, 3.8) is 0 Å². The van der Waals surface area contributed by atoms with Crippen LogP contribution in [0.15, 0.2) is 29.1 Å². The van der Waals surface area contributed by atoms with Crippen LogP contribution < -0.4 is 5.56 Å².